The number of aryl methyl sites for hydroxylation is 1. The number of halogens is 2. The first kappa shape index (κ1) is 12.3. The van der Waals surface area contributed by atoms with Gasteiger partial charge >= 0.3 is 0 Å². The zero-order valence-electron chi connectivity index (χ0n) is 10.4. The number of nitrogens with two attached hydrogens (primary N) is 1. The van der Waals surface area contributed by atoms with E-state index in [4.69, 9.17) is 14.7 Å². The zero-order valence-corrected chi connectivity index (χ0v) is 10.4. The van der Waals surface area contributed by atoms with Crippen molar-refractivity contribution in [3.05, 3.63) is 41.7 Å². The Hall–Kier alpha value is -2.70. The lowest BCUT2D eigenvalue weighted by molar-refractivity contribution is 0.429. The lowest BCUT2D eigenvalue weighted by atomic mass is 10.1. The van der Waals surface area contributed by atoms with Crippen LogP contribution in [0.4, 0.5) is 14.5 Å². The van der Waals surface area contributed by atoms with Gasteiger partial charge in [-0.25, -0.2) is 8.78 Å². The van der Waals surface area contributed by atoms with Crippen LogP contribution < -0.4 is 5.73 Å². The SMILES string of the molecule is Cc1ccoc1-c1noc(-c2cc(F)c(F)cc2N)n1. The molecule has 0 bridgehead atoms. The smallest absolute Gasteiger partial charge is 0.260 e. The molecule has 20 heavy (non-hydrogen) atoms. The Morgan fingerprint density at radius 2 is 1.95 bits per heavy atom. The fourth-order valence-electron chi connectivity index (χ4n) is 1.77. The number of anilines is 1. The largest absolute Gasteiger partial charge is 0.461 e. The second-order valence-corrected chi connectivity index (χ2v) is 4.21. The number of hydrogen-bond acceptors (Lipinski definition) is 5. The van der Waals surface area contributed by atoms with E-state index in [-0.39, 0.29) is 23.0 Å². The summed E-state index contributed by atoms with van der Waals surface area (Å²) in [6.07, 6.45) is 1.49. The van der Waals surface area contributed by atoms with Gasteiger partial charge in [0.2, 0.25) is 5.82 Å². The molecule has 2 N–H and O–H groups in total. The summed E-state index contributed by atoms with van der Waals surface area (Å²) in [6.45, 7) is 1.82. The van der Waals surface area contributed by atoms with Crippen LogP contribution in [-0.2, 0) is 0 Å². The van der Waals surface area contributed by atoms with E-state index in [0.29, 0.717) is 5.76 Å². The molecule has 0 spiro atoms. The molecule has 3 aromatic rings. The molecule has 7 heteroatoms. The van der Waals surface area contributed by atoms with Crippen LogP contribution in [0.15, 0.2) is 33.4 Å². The molecule has 5 nitrogen and oxygen atoms in total. The van der Waals surface area contributed by atoms with Gasteiger partial charge in [-0.1, -0.05) is 5.16 Å². The number of benzene rings is 1. The highest BCUT2D eigenvalue weighted by molar-refractivity contribution is 5.71. The highest BCUT2D eigenvalue weighted by Gasteiger charge is 2.18. The first-order chi connectivity index (χ1) is 9.56. The van der Waals surface area contributed by atoms with Crippen LogP contribution in [-0.4, -0.2) is 10.1 Å². The van der Waals surface area contributed by atoms with Crippen LogP contribution in [0.1, 0.15) is 5.56 Å². The Bertz CT molecular complexity index is 780. The zero-order chi connectivity index (χ0) is 14.3. The maximum Gasteiger partial charge on any atom is 0.260 e. The fraction of sp³-hybridized carbons (Fsp3) is 0.0769. The third-order valence-corrected chi connectivity index (χ3v) is 2.81. The highest BCUT2D eigenvalue weighted by atomic mass is 19.2. The summed E-state index contributed by atoms with van der Waals surface area (Å²) in [5.74, 6) is -1.42. The van der Waals surface area contributed by atoms with E-state index in [1.807, 2.05) is 6.92 Å². The van der Waals surface area contributed by atoms with Gasteiger partial charge in [0.05, 0.1) is 11.8 Å². The molecule has 2 heterocycles. The molecule has 1 aromatic carbocycles. The van der Waals surface area contributed by atoms with Gasteiger partial charge in [-0.15, -0.1) is 0 Å². The van der Waals surface area contributed by atoms with Crippen molar-refractivity contribution < 1.29 is 17.7 Å². The van der Waals surface area contributed by atoms with E-state index in [1.54, 1.807) is 6.07 Å². The number of aromatic nitrogens is 2. The summed E-state index contributed by atoms with van der Waals surface area (Å²) >= 11 is 0. The molecule has 0 amide bonds. The standard InChI is InChI=1S/C13H9F2N3O2/c1-6-2-3-19-11(6)12-17-13(20-18-12)7-4-8(14)9(15)5-10(7)16/h2-5H,16H2,1H3. The Balaban J connectivity index is 2.07. The summed E-state index contributed by atoms with van der Waals surface area (Å²) in [4.78, 5) is 4.07. The molecular weight excluding hydrogens is 268 g/mol. The molecule has 2 aromatic heterocycles. The highest BCUT2D eigenvalue weighted by Crippen LogP contribution is 2.29. The number of furan rings is 1. The quantitative estimate of drug-likeness (QED) is 0.728. The second-order valence-electron chi connectivity index (χ2n) is 4.21. The first-order valence-electron chi connectivity index (χ1n) is 5.69. The van der Waals surface area contributed by atoms with Crippen LogP contribution in [0.25, 0.3) is 23.0 Å². The molecular formula is C13H9F2N3O2. The van der Waals surface area contributed by atoms with Crippen molar-refractivity contribution in [1.29, 1.82) is 0 Å². The summed E-state index contributed by atoms with van der Waals surface area (Å²) in [5, 5.41) is 3.74. The van der Waals surface area contributed by atoms with Gasteiger partial charge in [0.15, 0.2) is 17.4 Å². The Morgan fingerprint density at radius 3 is 2.65 bits per heavy atom. The first-order valence-corrected chi connectivity index (χ1v) is 5.69. The van der Waals surface area contributed by atoms with Gasteiger partial charge in [-0.3, -0.25) is 0 Å². The third-order valence-electron chi connectivity index (χ3n) is 2.81. The van der Waals surface area contributed by atoms with Crippen molar-refractivity contribution >= 4 is 5.69 Å². The van der Waals surface area contributed by atoms with E-state index >= 15 is 0 Å². The van der Waals surface area contributed by atoms with E-state index in [0.717, 1.165) is 17.7 Å². The van der Waals surface area contributed by atoms with E-state index in [9.17, 15) is 8.78 Å². The van der Waals surface area contributed by atoms with Gasteiger partial charge in [0.1, 0.15) is 0 Å². The Morgan fingerprint density at radius 1 is 1.20 bits per heavy atom. The van der Waals surface area contributed by atoms with Gasteiger partial charge in [0, 0.05) is 11.8 Å². The lowest BCUT2D eigenvalue weighted by Crippen LogP contribution is -1.94. The van der Waals surface area contributed by atoms with Crippen molar-refractivity contribution in [2.24, 2.45) is 0 Å². The van der Waals surface area contributed by atoms with E-state index in [1.165, 1.54) is 6.26 Å². The number of nitrogens with zero attached hydrogens (tertiary/aromatic N) is 2. The Labute approximate surface area is 112 Å². The topological polar surface area (TPSA) is 78.1 Å². The van der Waals surface area contributed by atoms with Gasteiger partial charge in [-0.2, -0.15) is 4.98 Å². The summed E-state index contributed by atoms with van der Waals surface area (Å²) in [5.41, 5.74) is 6.59. The molecule has 0 atom stereocenters. The molecule has 0 aliphatic heterocycles. The van der Waals surface area contributed by atoms with Gasteiger partial charge < -0.3 is 14.7 Å². The van der Waals surface area contributed by atoms with Crippen molar-refractivity contribution in [2.45, 2.75) is 6.92 Å². The predicted octanol–water partition coefficient (Wildman–Crippen LogP) is 3.17. The predicted molar refractivity (Wildman–Crippen MR) is 66.5 cm³/mol. The van der Waals surface area contributed by atoms with Crippen LogP contribution in [0.5, 0.6) is 0 Å². The van der Waals surface area contributed by atoms with Crippen molar-refractivity contribution in [1.82, 2.24) is 10.1 Å². The van der Waals surface area contributed by atoms with E-state index in [2.05, 4.69) is 10.1 Å². The summed E-state index contributed by atoms with van der Waals surface area (Å²) < 4.78 is 36.5. The van der Waals surface area contributed by atoms with Crippen molar-refractivity contribution in [3.8, 4) is 23.0 Å². The van der Waals surface area contributed by atoms with Crippen LogP contribution in [0.3, 0.4) is 0 Å². The number of nitrogen functional groups attached to an aromatic ring is 1. The van der Waals surface area contributed by atoms with Crippen LogP contribution in [0, 0.1) is 18.6 Å². The number of rotatable bonds is 2. The number of hydrogen-bond donors (Lipinski definition) is 1. The monoisotopic (exact) mass is 277 g/mol. The maximum atomic E-state index is 13.3. The summed E-state index contributed by atoms with van der Waals surface area (Å²) in [6, 6.07) is 3.53. The molecule has 0 saturated carbocycles. The molecule has 3 rings (SSSR count). The van der Waals surface area contributed by atoms with Gasteiger partial charge in [-0.05, 0) is 24.6 Å². The Kier molecular flexibility index (Phi) is 2.74. The van der Waals surface area contributed by atoms with Crippen LogP contribution in [0.2, 0.25) is 0 Å². The average molecular weight is 277 g/mol. The minimum absolute atomic E-state index is 0.00722. The second kappa shape index (κ2) is 4.44. The molecule has 0 aliphatic rings. The normalized spacial score (nSPS) is 10.9. The minimum atomic E-state index is -1.04. The molecule has 0 unspecified atom stereocenters. The van der Waals surface area contributed by atoms with Crippen LogP contribution >= 0.6 is 0 Å². The third kappa shape index (κ3) is 1.93. The molecule has 102 valence electrons. The van der Waals surface area contributed by atoms with Crippen molar-refractivity contribution in [3.63, 3.8) is 0 Å². The minimum Gasteiger partial charge on any atom is -0.461 e. The summed E-state index contributed by atoms with van der Waals surface area (Å²) in [7, 11) is 0. The lowest BCUT2D eigenvalue weighted by Gasteiger charge is -2.01. The maximum absolute atomic E-state index is 13.3. The molecule has 0 aliphatic carbocycles. The fourth-order valence-corrected chi connectivity index (χ4v) is 1.77. The van der Waals surface area contributed by atoms with Gasteiger partial charge in [0.25, 0.3) is 5.89 Å². The molecule has 0 fully saturated rings. The average Bonchev–Trinajstić information content (AvgIpc) is 3.02. The van der Waals surface area contributed by atoms with Crippen molar-refractivity contribution in [2.75, 3.05) is 5.73 Å². The molecule has 0 radical (unpaired) electrons. The molecule has 0 saturated heterocycles. The van der Waals surface area contributed by atoms with E-state index < -0.39 is 11.6 Å².